The summed E-state index contributed by atoms with van der Waals surface area (Å²) in [7, 11) is 0. The van der Waals surface area contributed by atoms with Crippen molar-refractivity contribution in [3.63, 3.8) is 0 Å². The molecule has 3 nitrogen and oxygen atoms in total. The molecule has 20 heavy (non-hydrogen) atoms. The molecule has 1 aliphatic rings. The Labute approximate surface area is 118 Å². The van der Waals surface area contributed by atoms with Crippen LogP contribution in [0, 0.1) is 18.3 Å². The third kappa shape index (κ3) is 2.25. The molecule has 0 unspecified atom stereocenters. The van der Waals surface area contributed by atoms with E-state index in [1.165, 1.54) is 5.56 Å². The standard InChI is InChI=1S/C17H16N2O/c1-12-14-8-5-9-15(14)16(10-18)17(19-12)20-11-13-6-3-2-4-7-13/h2-4,6-7H,5,8-9,11H2,1H3. The summed E-state index contributed by atoms with van der Waals surface area (Å²) in [5.41, 5.74) is 5.09. The van der Waals surface area contributed by atoms with Crippen LogP contribution >= 0.6 is 0 Å². The molecule has 1 aromatic heterocycles. The van der Waals surface area contributed by atoms with Crippen molar-refractivity contribution in [2.75, 3.05) is 0 Å². The minimum Gasteiger partial charge on any atom is -0.472 e. The lowest BCUT2D eigenvalue weighted by atomic mass is 10.0. The van der Waals surface area contributed by atoms with Crippen LogP contribution in [0.1, 0.15) is 34.4 Å². The van der Waals surface area contributed by atoms with Gasteiger partial charge in [0.05, 0.1) is 0 Å². The number of aromatic nitrogens is 1. The van der Waals surface area contributed by atoms with Crippen LogP contribution in [0.2, 0.25) is 0 Å². The van der Waals surface area contributed by atoms with Crippen LogP contribution in [0.25, 0.3) is 0 Å². The van der Waals surface area contributed by atoms with Gasteiger partial charge in [-0.1, -0.05) is 30.3 Å². The molecule has 0 N–H and O–H groups in total. The van der Waals surface area contributed by atoms with Crippen LogP contribution in [-0.4, -0.2) is 4.98 Å². The molecule has 0 amide bonds. The predicted octanol–water partition coefficient (Wildman–Crippen LogP) is 3.33. The highest BCUT2D eigenvalue weighted by atomic mass is 16.5. The highest BCUT2D eigenvalue weighted by Crippen LogP contribution is 2.32. The molecule has 100 valence electrons. The molecule has 3 rings (SSSR count). The second-order valence-corrected chi connectivity index (χ2v) is 5.07. The monoisotopic (exact) mass is 264 g/mol. The largest absolute Gasteiger partial charge is 0.472 e. The lowest BCUT2D eigenvalue weighted by molar-refractivity contribution is 0.292. The van der Waals surface area contributed by atoms with Crippen molar-refractivity contribution in [1.82, 2.24) is 4.98 Å². The number of ether oxygens (including phenoxy) is 1. The van der Waals surface area contributed by atoms with E-state index in [0.29, 0.717) is 18.1 Å². The Hall–Kier alpha value is -2.34. The SMILES string of the molecule is Cc1nc(OCc2ccccc2)c(C#N)c2c1CCC2. The molecule has 0 radical (unpaired) electrons. The Balaban J connectivity index is 1.90. The Morgan fingerprint density at radius 1 is 1.20 bits per heavy atom. The first kappa shape index (κ1) is 12.7. The van der Waals surface area contributed by atoms with Crippen molar-refractivity contribution in [2.45, 2.75) is 32.8 Å². The minimum atomic E-state index is 0.445. The van der Waals surface area contributed by atoms with Gasteiger partial charge in [0.15, 0.2) is 0 Å². The molecule has 0 saturated heterocycles. The Bertz CT molecular complexity index is 672. The van der Waals surface area contributed by atoms with Crippen LogP contribution < -0.4 is 4.74 Å². The van der Waals surface area contributed by atoms with E-state index in [0.717, 1.165) is 36.1 Å². The maximum absolute atomic E-state index is 9.40. The van der Waals surface area contributed by atoms with Crippen molar-refractivity contribution in [1.29, 1.82) is 5.26 Å². The summed E-state index contributed by atoms with van der Waals surface area (Å²) in [6, 6.07) is 12.2. The van der Waals surface area contributed by atoms with E-state index in [1.54, 1.807) is 0 Å². The van der Waals surface area contributed by atoms with Crippen molar-refractivity contribution in [2.24, 2.45) is 0 Å². The van der Waals surface area contributed by atoms with E-state index >= 15 is 0 Å². The van der Waals surface area contributed by atoms with Crippen LogP contribution in [0.3, 0.4) is 0 Å². The Morgan fingerprint density at radius 3 is 2.70 bits per heavy atom. The van der Waals surface area contributed by atoms with Gasteiger partial charge < -0.3 is 4.74 Å². The van der Waals surface area contributed by atoms with Gasteiger partial charge in [-0.15, -0.1) is 0 Å². The molecular weight excluding hydrogens is 248 g/mol. The fourth-order valence-corrected chi connectivity index (χ4v) is 2.77. The molecule has 0 atom stereocenters. The van der Waals surface area contributed by atoms with Gasteiger partial charge in [-0.25, -0.2) is 4.98 Å². The van der Waals surface area contributed by atoms with E-state index in [4.69, 9.17) is 4.74 Å². The third-order valence-electron chi connectivity index (χ3n) is 3.77. The Morgan fingerprint density at radius 2 is 1.95 bits per heavy atom. The molecule has 0 spiro atoms. The third-order valence-corrected chi connectivity index (χ3v) is 3.77. The van der Waals surface area contributed by atoms with E-state index in [-0.39, 0.29) is 0 Å². The smallest absolute Gasteiger partial charge is 0.232 e. The van der Waals surface area contributed by atoms with Crippen LogP contribution in [-0.2, 0) is 19.4 Å². The van der Waals surface area contributed by atoms with Gasteiger partial charge in [-0.2, -0.15) is 5.26 Å². The number of rotatable bonds is 3. The molecule has 1 heterocycles. The summed E-state index contributed by atoms with van der Waals surface area (Å²) in [6.45, 7) is 2.45. The fourth-order valence-electron chi connectivity index (χ4n) is 2.77. The maximum Gasteiger partial charge on any atom is 0.232 e. The maximum atomic E-state index is 9.40. The zero-order chi connectivity index (χ0) is 13.9. The average Bonchev–Trinajstić information content (AvgIpc) is 2.96. The van der Waals surface area contributed by atoms with Gasteiger partial charge in [0.1, 0.15) is 18.2 Å². The van der Waals surface area contributed by atoms with Crippen LogP contribution in [0.5, 0.6) is 5.88 Å². The number of benzene rings is 1. The first-order valence-electron chi connectivity index (χ1n) is 6.88. The highest BCUT2D eigenvalue weighted by Gasteiger charge is 2.22. The van der Waals surface area contributed by atoms with Crippen molar-refractivity contribution in [3.8, 4) is 11.9 Å². The van der Waals surface area contributed by atoms with Gasteiger partial charge >= 0.3 is 0 Å². The summed E-state index contributed by atoms with van der Waals surface area (Å²) in [4.78, 5) is 4.49. The summed E-state index contributed by atoms with van der Waals surface area (Å²) in [6.07, 6.45) is 3.10. The average molecular weight is 264 g/mol. The lowest BCUT2D eigenvalue weighted by Crippen LogP contribution is -2.04. The summed E-state index contributed by atoms with van der Waals surface area (Å²) < 4.78 is 5.79. The molecule has 1 aliphatic carbocycles. The quantitative estimate of drug-likeness (QED) is 0.854. The van der Waals surface area contributed by atoms with E-state index < -0.39 is 0 Å². The van der Waals surface area contributed by atoms with E-state index in [1.807, 2.05) is 37.3 Å². The molecule has 3 heteroatoms. The molecule has 0 saturated carbocycles. The highest BCUT2D eigenvalue weighted by molar-refractivity contribution is 5.52. The fraction of sp³-hybridized carbons (Fsp3) is 0.294. The van der Waals surface area contributed by atoms with Crippen molar-refractivity contribution < 1.29 is 4.74 Å². The zero-order valence-corrected chi connectivity index (χ0v) is 11.5. The first-order chi connectivity index (χ1) is 9.79. The number of hydrogen-bond acceptors (Lipinski definition) is 3. The van der Waals surface area contributed by atoms with Gasteiger partial charge in [0, 0.05) is 5.69 Å². The molecule has 0 fully saturated rings. The van der Waals surface area contributed by atoms with Gasteiger partial charge in [-0.05, 0) is 42.9 Å². The summed E-state index contributed by atoms with van der Waals surface area (Å²) in [5.74, 6) is 0.481. The lowest BCUT2D eigenvalue weighted by Gasteiger charge is -2.12. The second-order valence-electron chi connectivity index (χ2n) is 5.07. The predicted molar refractivity (Wildman–Crippen MR) is 76.5 cm³/mol. The number of nitrogens with zero attached hydrogens (tertiary/aromatic N) is 2. The number of pyridine rings is 1. The molecule has 0 aliphatic heterocycles. The normalized spacial score (nSPS) is 12.8. The zero-order valence-electron chi connectivity index (χ0n) is 11.5. The van der Waals surface area contributed by atoms with Gasteiger partial charge in [-0.3, -0.25) is 0 Å². The molecule has 1 aromatic carbocycles. The Kier molecular flexibility index (Phi) is 3.39. The number of aryl methyl sites for hydroxylation is 1. The van der Waals surface area contributed by atoms with Crippen molar-refractivity contribution in [3.05, 3.63) is 58.3 Å². The van der Waals surface area contributed by atoms with E-state index in [9.17, 15) is 5.26 Å². The molecule has 2 aromatic rings. The summed E-state index contributed by atoms with van der Waals surface area (Å²) >= 11 is 0. The number of hydrogen-bond donors (Lipinski definition) is 0. The molecule has 0 bridgehead atoms. The van der Waals surface area contributed by atoms with Crippen molar-refractivity contribution >= 4 is 0 Å². The summed E-state index contributed by atoms with van der Waals surface area (Å²) in [5, 5.41) is 9.40. The van der Waals surface area contributed by atoms with Gasteiger partial charge in [0.25, 0.3) is 0 Å². The number of nitriles is 1. The molecular formula is C17H16N2O. The minimum absolute atomic E-state index is 0.445. The van der Waals surface area contributed by atoms with Crippen LogP contribution in [0.4, 0.5) is 0 Å². The van der Waals surface area contributed by atoms with Gasteiger partial charge in [0.2, 0.25) is 5.88 Å². The van der Waals surface area contributed by atoms with Crippen LogP contribution in [0.15, 0.2) is 30.3 Å². The first-order valence-corrected chi connectivity index (χ1v) is 6.88. The topological polar surface area (TPSA) is 45.9 Å². The van der Waals surface area contributed by atoms with E-state index in [2.05, 4.69) is 11.1 Å². The number of fused-ring (bicyclic) bond motifs is 1. The second kappa shape index (κ2) is 5.34.